The second-order valence-corrected chi connectivity index (χ2v) is 8.40. The van der Waals surface area contributed by atoms with Gasteiger partial charge in [0.05, 0.1) is 28.2 Å². The predicted octanol–water partition coefficient (Wildman–Crippen LogP) is 4.16. The number of aromatic hydroxyl groups is 1. The molecule has 0 radical (unpaired) electrons. The molecule has 0 fully saturated rings. The number of esters is 1. The molecule has 6 rings (SSSR count). The van der Waals surface area contributed by atoms with Gasteiger partial charge >= 0.3 is 11.6 Å². The van der Waals surface area contributed by atoms with E-state index in [1.54, 1.807) is 48.5 Å². The van der Waals surface area contributed by atoms with Crippen LogP contribution in [0.4, 0.5) is 0 Å². The molecule has 36 heavy (non-hydrogen) atoms. The standard InChI is InChI=1S/C28H16O8/c29-18-10-4-1-7-14(18)25(31)22-21(17-13-34-19-11-5-2-8-15(19)24(17)30)23-26(36-27(22)32)16-9-3-6-12-20(16)35-28(23)33/h1-13,21-22,29H/t21-,22+/m1/s1. The molecule has 1 N–H and O–H groups in total. The molecule has 0 bridgehead atoms. The van der Waals surface area contributed by atoms with E-state index in [-0.39, 0.29) is 39.2 Å². The van der Waals surface area contributed by atoms with Crippen LogP contribution in [-0.4, -0.2) is 16.9 Å². The molecule has 0 amide bonds. The van der Waals surface area contributed by atoms with Crippen molar-refractivity contribution in [2.75, 3.05) is 0 Å². The highest BCUT2D eigenvalue weighted by Gasteiger charge is 2.48. The molecule has 0 saturated heterocycles. The summed E-state index contributed by atoms with van der Waals surface area (Å²) in [6, 6.07) is 18.7. The van der Waals surface area contributed by atoms with Crippen molar-refractivity contribution < 1.29 is 28.3 Å². The lowest BCUT2D eigenvalue weighted by Gasteiger charge is -2.30. The monoisotopic (exact) mass is 480 g/mol. The van der Waals surface area contributed by atoms with Crippen LogP contribution in [0.2, 0.25) is 0 Å². The summed E-state index contributed by atoms with van der Waals surface area (Å²) in [5.41, 5.74) is -1.26. The van der Waals surface area contributed by atoms with Gasteiger partial charge in [-0.05, 0) is 36.4 Å². The summed E-state index contributed by atoms with van der Waals surface area (Å²) in [5.74, 6) is -5.24. The van der Waals surface area contributed by atoms with Crippen molar-refractivity contribution in [2.45, 2.75) is 5.92 Å². The maximum Gasteiger partial charge on any atom is 0.343 e. The number of ketones is 1. The molecule has 5 aromatic rings. The number of phenolic OH excluding ortho intramolecular Hbond substituents is 1. The molecule has 1 aliphatic heterocycles. The largest absolute Gasteiger partial charge is 0.507 e. The van der Waals surface area contributed by atoms with E-state index in [2.05, 4.69) is 0 Å². The fraction of sp³-hybridized carbons (Fsp3) is 0.0714. The zero-order chi connectivity index (χ0) is 25.0. The van der Waals surface area contributed by atoms with Crippen LogP contribution in [0.1, 0.15) is 27.4 Å². The van der Waals surface area contributed by atoms with Crippen molar-refractivity contribution in [1.82, 2.24) is 0 Å². The van der Waals surface area contributed by atoms with Crippen molar-refractivity contribution >= 4 is 33.7 Å². The lowest BCUT2D eigenvalue weighted by atomic mass is 9.75. The van der Waals surface area contributed by atoms with E-state index in [0.717, 1.165) is 6.26 Å². The van der Waals surface area contributed by atoms with Gasteiger partial charge in [-0.1, -0.05) is 36.4 Å². The number of hydrogen-bond acceptors (Lipinski definition) is 8. The van der Waals surface area contributed by atoms with Crippen LogP contribution in [0.25, 0.3) is 21.9 Å². The molecule has 3 heterocycles. The Morgan fingerprint density at radius 1 is 0.806 bits per heavy atom. The Bertz CT molecular complexity index is 1830. The Kier molecular flexibility index (Phi) is 4.82. The van der Waals surface area contributed by atoms with E-state index < -0.39 is 34.6 Å². The highest BCUT2D eigenvalue weighted by atomic mass is 16.5. The van der Waals surface area contributed by atoms with E-state index in [0.29, 0.717) is 11.0 Å². The number of phenols is 1. The van der Waals surface area contributed by atoms with E-state index in [9.17, 15) is 24.3 Å². The average molecular weight is 480 g/mol. The van der Waals surface area contributed by atoms with Gasteiger partial charge in [-0.3, -0.25) is 14.4 Å². The molecule has 0 aliphatic carbocycles. The summed E-state index contributed by atoms with van der Waals surface area (Å²) in [6.07, 6.45) is 1.15. The summed E-state index contributed by atoms with van der Waals surface area (Å²) in [7, 11) is 0. The summed E-state index contributed by atoms with van der Waals surface area (Å²) >= 11 is 0. The van der Waals surface area contributed by atoms with Crippen molar-refractivity contribution in [1.29, 1.82) is 0 Å². The quantitative estimate of drug-likeness (QED) is 0.177. The molecule has 1 aliphatic rings. The van der Waals surface area contributed by atoms with Crippen LogP contribution in [0, 0.1) is 5.92 Å². The Morgan fingerprint density at radius 3 is 2.25 bits per heavy atom. The third-order valence-corrected chi connectivity index (χ3v) is 6.39. The number of carbonyl (C=O) groups excluding carboxylic acids is 2. The van der Waals surface area contributed by atoms with Crippen LogP contribution >= 0.6 is 0 Å². The topological polar surface area (TPSA) is 124 Å². The van der Waals surface area contributed by atoms with Crippen molar-refractivity contribution in [3.63, 3.8) is 0 Å². The SMILES string of the molecule is O=C1Oc2c(c(=O)oc3ccccc23)[C@H](c2coc3ccccc3c2=O)[C@H]1C(=O)c1ccccc1O. The molecule has 2 atom stereocenters. The summed E-state index contributed by atoms with van der Waals surface area (Å²) in [6.45, 7) is 0. The van der Waals surface area contributed by atoms with E-state index in [1.165, 1.54) is 24.3 Å². The number of fused-ring (bicyclic) bond motifs is 4. The van der Waals surface area contributed by atoms with E-state index in [1.807, 2.05) is 0 Å². The maximum absolute atomic E-state index is 13.6. The van der Waals surface area contributed by atoms with E-state index in [4.69, 9.17) is 13.6 Å². The van der Waals surface area contributed by atoms with Crippen molar-refractivity contribution in [3.8, 4) is 11.5 Å². The number of ether oxygens (including phenoxy) is 1. The zero-order valence-electron chi connectivity index (χ0n) is 18.5. The van der Waals surface area contributed by atoms with Crippen LogP contribution in [-0.2, 0) is 4.79 Å². The van der Waals surface area contributed by atoms with Gasteiger partial charge in [-0.15, -0.1) is 0 Å². The van der Waals surface area contributed by atoms with Crippen LogP contribution in [0.15, 0.2) is 97.5 Å². The second kappa shape index (κ2) is 8.06. The molecule has 0 spiro atoms. The molecule has 176 valence electrons. The number of para-hydroxylation sites is 3. The van der Waals surface area contributed by atoms with Gasteiger partial charge in [0.2, 0.25) is 0 Å². The number of hydrogen-bond donors (Lipinski definition) is 1. The molecule has 8 heteroatoms. The zero-order valence-corrected chi connectivity index (χ0v) is 18.5. The smallest absolute Gasteiger partial charge is 0.343 e. The highest BCUT2D eigenvalue weighted by Crippen LogP contribution is 2.44. The van der Waals surface area contributed by atoms with Crippen molar-refractivity contribution in [2.24, 2.45) is 5.92 Å². The molecule has 3 aromatic carbocycles. The van der Waals surface area contributed by atoms with Gasteiger partial charge < -0.3 is 18.7 Å². The normalized spacial score (nSPS) is 17.1. The first-order valence-corrected chi connectivity index (χ1v) is 11.1. The summed E-state index contributed by atoms with van der Waals surface area (Å²) in [4.78, 5) is 53.9. The Morgan fingerprint density at radius 2 is 1.47 bits per heavy atom. The molecule has 0 unspecified atom stereocenters. The molecule has 8 nitrogen and oxygen atoms in total. The van der Waals surface area contributed by atoms with Gasteiger partial charge in [0, 0.05) is 11.5 Å². The van der Waals surface area contributed by atoms with Gasteiger partial charge in [0.25, 0.3) is 0 Å². The number of Topliss-reactive ketones (excluding diaryl/α,β-unsaturated/α-hetero) is 1. The first kappa shape index (κ1) is 21.5. The van der Waals surface area contributed by atoms with Crippen LogP contribution in [0.5, 0.6) is 11.5 Å². The number of benzene rings is 3. The summed E-state index contributed by atoms with van der Waals surface area (Å²) in [5, 5.41) is 10.9. The fourth-order valence-corrected chi connectivity index (χ4v) is 4.73. The van der Waals surface area contributed by atoms with Gasteiger partial charge in [-0.25, -0.2) is 4.79 Å². The van der Waals surface area contributed by atoms with Gasteiger partial charge in [0.15, 0.2) is 17.0 Å². The fourth-order valence-electron chi connectivity index (χ4n) is 4.73. The Labute approximate surface area is 202 Å². The third kappa shape index (κ3) is 3.15. The van der Waals surface area contributed by atoms with E-state index >= 15 is 0 Å². The first-order valence-electron chi connectivity index (χ1n) is 11.1. The lowest BCUT2D eigenvalue weighted by Crippen LogP contribution is -2.41. The van der Waals surface area contributed by atoms with Crippen LogP contribution < -0.4 is 15.8 Å². The molecular weight excluding hydrogens is 464 g/mol. The Hall–Kier alpha value is -4.98. The minimum atomic E-state index is -1.65. The molecular formula is C28H16O8. The maximum atomic E-state index is 13.6. The number of rotatable bonds is 3. The first-order chi connectivity index (χ1) is 17.5. The number of carbonyl (C=O) groups is 2. The summed E-state index contributed by atoms with van der Waals surface area (Å²) < 4.78 is 16.7. The molecule has 0 saturated carbocycles. The highest BCUT2D eigenvalue weighted by molar-refractivity contribution is 6.12. The third-order valence-electron chi connectivity index (χ3n) is 6.39. The predicted molar refractivity (Wildman–Crippen MR) is 128 cm³/mol. The molecule has 2 aromatic heterocycles. The minimum Gasteiger partial charge on any atom is -0.507 e. The minimum absolute atomic E-state index is 0.0780. The Balaban J connectivity index is 1.68. The van der Waals surface area contributed by atoms with Gasteiger partial charge in [0.1, 0.15) is 22.8 Å². The van der Waals surface area contributed by atoms with Crippen LogP contribution in [0.3, 0.4) is 0 Å². The van der Waals surface area contributed by atoms with Crippen molar-refractivity contribution in [3.05, 3.63) is 116 Å². The lowest BCUT2D eigenvalue weighted by molar-refractivity contribution is -0.138. The average Bonchev–Trinajstić information content (AvgIpc) is 2.88. The van der Waals surface area contributed by atoms with Gasteiger partial charge in [-0.2, -0.15) is 0 Å². The second-order valence-electron chi connectivity index (χ2n) is 8.40.